The molecule has 304 valence electrons. The van der Waals surface area contributed by atoms with Crippen LogP contribution >= 0.6 is 22.7 Å². The van der Waals surface area contributed by atoms with E-state index < -0.39 is 52.0 Å². The van der Waals surface area contributed by atoms with Crippen molar-refractivity contribution in [2.24, 2.45) is 0 Å². The first-order valence-corrected chi connectivity index (χ1v) is 20.5. The largest absolute Gasteiger partial charge is 0.478 e. The summed E-state index contributed by atoms with van der Waals surface area (Å²) in [6, 6.07) is 33.6. The lowest BCUT2D eigenvalue weighted by Gasteiger charge is -2.26. The zero-order chi connectivity index (χ0) is 43.2. The Morgan fingerprint density at radius 3 is 1.28 bits per heavy atom. The molecule has 0 saturated carbocycles. The number of halogens is 6. The number of thiophene rings is 2. The molecule has 0 amide bonds. The van der Waals surface area contributed by atoms with Crippen LogP contribution in [-0.2, 0) is 9.59 Å². The highest BCUT2D eigenvalue weighted by atomic mass is 32.1. The fourth-order valence-corrected chi connectivity index (χ4v) is 10.7. The second kappa shape index (κ2) is 14.3. The molecule has 0 spiro atoms. The minimum absolute atomic E-state index is 0.0293. The maximum atomic E-state index is 16.3. The summed E-state index contributed by atoms with van der Waals surface area (Å²) in [5.74, 6) is -18.9. The summed E-state index contributed by atoms with van der Waals surface area (Å²) in [6.45, 7) is 2.80. The summed E-state index contributed by atoms with van der Waals surface area (Å²) in [4.78, 5) is 25.3. The summed E-state index contributed by atoms with van der Waals surface area (Å²) >= 11 is 1.89. The predicted octanol–water partition coefficient (Wildman–Crippen LogP) is 14.1. The van der Waals surface area contributed by atoms with Crippen molar-refractivity contribution in [1.82, 2.24) is 0 Å². The van der Waals surface area contributed by atoms with Gasteiger partial charge in [0, 0.05) is 52.2 Å². The molecule has 0 unspecified atom stereocenters. The Kier molecular flexibility index (Phi) is 9.37. The van der Waals surface area contributed by atoms with Crippen LogP contribution in [0.25, 0.3) is 76.2 Å². The van der Waals surface area contributed by atoms with Crippen molar-refractivity contribution < 1.29 is 46.1 Å². The molecule has 0 radical (unpaired) electrons. The molecule has 2 heterocycles. The number of carbonyl (C=O) groups is 2. The van der Waals surface area contributed by atoms with Gasteiger partial charge in [0.2, 0.25) is 0 Å². The lowest BCUT2D eigenvalue weighted by atomic mass is 9.91. The molecule has 2 aromatic heterocycles. The smallest absolute Gasteiger partial charge is 0.380 e. The fourth-order valence-electron chi connectivity index (χ4n) is 8.42. The van der Waals surface area contributed by atoms with Crippen molar-refractivity contribution in [3.8, 4) is 0 Å². The molecule has 0 aliphatic heterocycles. The Balaban J connectivity index is 1.20. The Morgan fingerprint density at radius 1 is 0.508 bits per heavy atom. The molecule has 1 aliphatic rings. The van der Waals surface area contributed by atoms with E-state index in [1.165, 1.54) is 62.4 Å². The maximum absolute atomic E-state index is 16.3. The van der Waals surface area contributed by atoms with Crippen molar-refractivity contribution >= 4 is 111 Å². The molecule has 0 saturated heterocycles. The highest BCUT2D eigenvalue weighted by Gasteiger charge is 2.80. The van der Waals surface area contributed by atoms with Gasteiger partial charge in [-0.1, -0.05) is 109 Å². The number of allylic oxidation sites excluding steroid dienone is 2. The van der Waals surface area contributed by atoms with Crippen molar-refractivity contribution in [1.29, 1.82) is 0 Å². The van der Waals surface area contributed by atoms with Crippen LogP contribution < -0.4 is 0 Å². The van der Waals surface area contributed by atoms with Crippen LogP contribution in [0.5, 0.6) is 0 Å². The van der Waals surface area contributed by atoms with E-state index in [0.29, 0.717) is 42.4 Å². The van der Waals surface area contributed by atoms with Crippen molar-refractivity contribution in [2.75, 3.05) is 0 Å². The molecular weight excluding hydrogens is 831 g/mol. The molecule has 9 rings (SSSR count). The van der Waals surface area contributed by atoms with Gasteiger partial charge in [-0.15, -0.1) is 22.7 Å². The second-order valence-corrected chi connectivity index (χ2v) is 17.3. The van der Waals surface area contributed by atoms with Gasteiger partial charge < -0.3 is 10.2 Å². The number of carboxylic acid groups (broad SMARTS) is 2. The van der Waals surface area contributed by atoms with Crippen LogP contribution in [0.15, 0.2) is 121 Å². The Bertz CT molecular complexity index is 3050. The molecule has 1 aliphatic carbocycles. The average Bonchev–Trinajstić information content (AvgIpc) is 3.76. The van der Waals surface area contributed by atoms with Gasteiger partial charge in [0.15, 0.2) is 0 Å². The highest BCUT2D eigenvalue weighted by Crippen LogP contribution is 2.67. The maximum Gasteiger partial charge on any atom is 0.380 e. The summed E-state index contributed by atoms with van der Waals surface area (Å²) < 4.78 is 97.3. The first-order chi connectivity index (χ1) is 29.0. The van der Waals surface area contributed by atoms with E-state index in [2.05, 4.69) is 0 Å². The molecule has 61 heavy (non-hydrogen) atoms. The topological polar surface area (TPSA) is 74.6 Å². The lowest BCUT2D eigenvalue weighted by molar-refractivity contribution is -0.254. The van der Waals surface area contributed by atoms with Crippen LogP contribution in [0.1, 0.15) is 43.1 Å². The highest BCUT2D eigenvalue weighted by molar-refractivity contribution is 7.19. The molecule has 0 atom stereocenters. The predicted molar refractivity (Wildman–Crippen MR) is 234 cm³/mol. The third kappa shape index (κ3) is 6.18. The number of hydrogen-bond donors (Lipinski definition) is 2. The molecule has 0 bridgehead atoms. The fraction of sp³-hybridized carbons (Fsp3) is 0.102. The lowest BCUT2D eigenvalue weighted by Crippen LogP contribution is -2.48. The Labute approximate surface area is 351 Å². The monoisotopic (exact) mass is 860 g/mol. The van der Waals surface area contributed by atoms with Gasteiger partial charge in [0.05, 0.1) is 11.1 Å². The van der Waals surface area contributed by atoms with E-state index in [9.17, 15) is 19.8 Å². The number of rotatable bonds is 8. The quantitative estimate of drug-likeness (QED) is 0.0907. The van der Waals surface area contributed by atoms with E-state index in [1.54, 1.807) is 48.5 Å². The third-order valence-corrected chi connectivity index (χ3v) is 13.3. The summed E-state index contributed by atoms with van der Waals surface area (Å²) in [6.07, 6.45) is 2.84. The molecule has 2 N–H and O–H groups in total. The van der Waals surface area contributed by atoms with Crippen molar-refractivity contribution in [2.45, 2.75) is 31.6 Å². The number of aliphatic carboxylic acids is 2. The number of alkyl halides is 6. The summed E-state index contributed by atoms with van der Waals surface area (Å²) in [5.41, 5.74) is -2.35. The number of aryl methyl sites for hydroxylation is 2. The van der Waals surface area contributed by atoms with Crippen LogP contribution in [-0.4, -0.2) is 39.9 Å². The number of carboxylic acids is 2. The molecule has 6 aromatic carbocycles. The molecule has 12 heteroatoms. The van der Waals surface area contributed by atoms with Crippen molar-refractivity contribution in [3.63, 3.8) is 0 Å². The van der Waals surface area contributed by atoms with Gasteiger partial charge >= 0.3 is 29.7 Å². The van der Waals surface area contributed by atoms with Crippen LogP contribution in [0.2, 0.25) is 0 Å². The zero-order valence-corrected chi connectivity index (χ0v) is 33.6. The summed E-state index contributed by atoms with van der Waals surface area (Å²) in [5, 5.41) is 23.6. The number of fused-ring (bicyclic) bond motifs is 4. The van der Waals surface area contributed by atoms with Gasteiger partial charge in [-0.2, -0.15) is 26.3 Å². The van der Waals surface area contributed by atoms with E-state index in [1.807, 2.05) is 36.4 Å². The van der Waals surface area contributed by atoms with Gasteiger partial charge in [-0.25, -0.2) is 9.59 Å². The van der Waals surface area contributed by atoms with Gasteiger partial charge in [0.1, 0.15) is 0 Å². The van der Waals surface area contributed by atoms with Crippen LogP contribution in [0, 0.1) is 13.8 Å². The standard InChI is InChI=1S/C49H30F6O4S2/c1-25-41(35-19-17-27(23-39(35)60-25)21-37(45(56)57)33-15-7-11-29-9-3-5-13-31(29)33)43-44(48(52,53)49(54,55)47(43,50)51)42-26(2)61-40-24-28(18-20-36(40)42)22-38(46(58)59)34-16-8-12-30-10-4-6-14-32(30)34/h3-24H,1-2H3,(H,56,57)(H,58,59)/b37-21-,38-22-. The van der Waals surface area contributed by atoms with Crippen LogP contribution in [0.3, 0.4) is 0 Å². The van der Waals surface area contributed by atoms with Crippen LogP contribution in [0.4, 0.5) is 26.3 Å². The molecule has 8 aromatic rings. The summed E-state index contributed by atoms with van der Waals surface area (Å²) in [7, 11) is 0. The van der Waals surface area contributed by atoms with E-state index >= 15 is 26.3 Å². The Hall–Kier alpha value is -6.50. The third-order valence-electron chi connectivity index (χ3n) is 11.2. The van der Waals surface area contributed by atoms with Crippen molar-refractivity contribution in [3.05, 3.63) is 164 Å². The molecule has 0 fully saturated rings. The minimum atomic E-state index is -5.80. The first-order valence-electron chi connectivity index (χ1n) is 18.8. The van der Waals surface area contributed by atoms with Gasteiger partial charge in [-0.3, -0.25) is 0 Å². The van der Waals surface area contributed by atoms with Gasteiger partial charge in [0.25, 0.3) is 0 Å². The number of hydrogen-bond acceptors (Lipinski definition) is 4. The zero-order valence-electron chi connectivity index (χ0n) is 32.0. The molecule has 4 nitrogen and oxygen atoms in total. The average molecular weight is 861 g/mol. The first kappa shape index (κ1) is 39.9. The SMILES string of the molecule is Cc1sc2cc(/C=C(\C(=O)O)c3cccc4ccccc34)ccc2c1C1=C(c2c(C)sc3cc(/C=C(\C(=O)O)c4cccc5ccccc45)ccc23)C(F)(F)C(F)(F)C1(F)F. The second-order valence-electron chi connectivity index (χ2n) is 14.8. The number of benzene rings is 6. The van der Waals surface area contributed by atoms with E-state index in [4.69, 9.17) is 0 Å². The molecular formula is C49H30F6O4S2. The van der Waals surface area contributed by atoms with E-state index in [-0.39, 0.29) is 31.7 Å². The van der Waals surface area contributed by atoms with E-state index in [0.717, 1.165) is 33.4 Å². The minimum Gasteiger partial charge on any atom is -0.478 e. The van der Waals surface area contributed by atoms with Gasteiger partial charge in [-0.05, 0) is 81.9 Å². The Morgan fingerprint density at radius 2 is 0.885 bits per heavy atom. The normalized spacial score (nSPS) is 16.3.